The molecule has 0 spiro atoms. The van der Waals surface area contributed by atoms with Gasteiger partial charge in [0.1, 0.15) is 0 Å². The van der Waals surface area contributed by atoms with Crippen LogP contribution in [0.5, 0.6) is 0 Å². The molecule has 2 N–H and O–H groups in total. The second-order valence-corrected chi connectivity index (χ2v) is 3.90. The second kappa shape index (κ2) is 3.85. The number of carboxylic acid groups (broad SMARTS) is 1. The third-order valence-corrected chi connectivity index (χ3v) is 2.57. The van der Waals surface area contributed by atoms with Crippen molar-refractivity contribution in [3.05, 3.63) is 47.2 Å². The number of aromatic carboxylic acids is 1. The zero-order valence-corrected chi connectivity index (χ0v) is 9.24. The van der Waals surface area contributed by atoms with Crippen molar-refractivity contribution in [3.8, 4) is 11.3 Å². The summed E-state index contributed by atoms with van der Waals surface area (Å²) in [5, 5.41) is 8.96. The first kappa shape index (κ1) is 10.5. The number of carboxylic acids is 1. The Bertz CT molecular complexity index is 541. The molecule has 0 fully saturated rings. The molecule has 82 valence electrons. The second-order valence-electron chi connectivity index (χ2n) is 3.90. The molecule has 0 saturated carbocycles. The molecule has 1 aromatic carbocycles. The SMILES string of the molecule is Cc1cccc(-c2cc(C(=O)O)c(C)[nH]2)c1. The molecule has 0 bridgehead atoms. The van der Waals surface area contributed by atoms with Gasteiger partial charge >= 0.3 is 5.97 Å². The average molecular weight is 215 g/mol. The van der Waals surface area contributed by atoms with Gasteiger partial charge in [0.05, 0.1) is 5.56 Å². The van der Waals surface area contributed by atoms with Crippen molar-refractivity contribution in [2.24, 2.45) is 0 Å². The van der Waals surface area contributed by atoms with Gasteiger partial charge in [-0.1, -0.05) is 23.8 Å². The maximum atomic E-state index is 10.9. The van der Waals surface area contributed by atoms with E-state index in [1.54, 1.807) is 13.0 Å². The number of aryl methyl sites for hydroxylation is 2. The molecule has 0 radical (unpaired) electrons. The van der Waals surface area contributed by atoms with Crippen LogP contribution in [-0.2, 0) is 0 Å². The maximum absolute atomic E-state index is 10.9. The molecule has 0 amide bonds. The van der Waals surface area contributed by atoms with Crippen molar-refractivity contribution in [2.75, 3.05) is 0 Å². The molecule has 3 heteroatoms. The van der Waals surface area contributed by atoms with Gasteiger partial charge in [0.25, 0.3) is 0 Å². The lowest BCUT2D eigenvalue weighted by Crippen LogP contribution is -1.95. The first-order valence-electron chi connectivity index (χ1n) is 5.08. The minimum Gasteiger partial charge on any atom is -0.478 e. The van der Waals surface area contributed by atoms with E-state index >= 15 is 0 Å². The number of carbonyl (C=O) groups is 1. The van der Waals surface area contributed by atoms with E-state index in [2.05, 4.69) is 4.98 Å². The molecule has 1 heterocycles. The van der Waals surface area contributed by atoms with Gasteiger partial charge in [0.2, 0.25) is 0 Å². The summed E-state index contributed by atoms with van der Waals surface area (Å²) in [5.74, 6) is -0.896. The molecule has 16 heavy (non-hydrogen) atoms. The number of benzene rings is 1. The molecule has 3 nitrogen and oxygen atoms in total. The maximum Gasteiger partial charge on any atom is 0.337 e. The van der Waals surface area contributed by atoms with E-state index in [1.165, 1.54) is 0 Å². The first-order valence-corrected chi connectivity index (χ1v) is 5.08. The molecular formula is C13H13NO2. The number of hydrogen-bond acceptors (Lipinski definition) is 1. The van der Waals surface area contributed by atoms with Crippen molar-refractivity contribution in [2.45, 2.75) is 13.8 Å². The first-order chi connectivity index (χ1) is 7.58. The van der Waals surface area contributed by atoms with Crippen LogP contribution in [0.3, 0.4) is 0 Å². The van der Waals surface area contributed by atoms with Crippen LogP contribution >= 0.6 is 0 Å². The third kappa shape index (κ3) is 1.84. The van der Waals surface area contributed by atoms with Gasteiger partial charge in [-0.3, -0.25) is 0 Å². The van der Waals surface area contributed by atoms with Crippen LogP contribution in [0.2, 0.25) is 0 Å². The summed E-state index contributed by atoms with van der Waals surface area (Å²) < 4.78 is 0. The van der Waals surface area contributed by atoms with E-state index in [-0.39, 0.29) is 0 Å². The van der Waals surface area contributed by atoms with E-state index in [0.29, 0.717) is 11.3 Å². The lowest BCUT2D eigenvalue weighted by atomic mass is 10.1. The van der Waals surface area contributed by atoms with Crippen molar-refractivity contribution in [1.29, 1.82) is 0 Å². The molecule has 0 atom stereocenters. The van der Waals surface area contributed by atoms with E-state index < -0.39 is 5.97 Å². The Morgan fingerprint density at radius 1 is 1.25 bits per heavy atom. The predicted octanol–water partition coefficient (Wildman–Crippen LogP) is 3.00. The molecule has 0 aliphatic heterocycles. The molecule has 0 aliphatic carbocycles. The van der Waals surface area contributed by atoms with Gasteiger partial charge in [-0.05, 0) is 31.5 Å². The highest BCUT2D eigenvalue weighted by atomic mass is 16.4. The standard InChI is InChI=1S/C13H13NO2/c1-8-4-3-5-10(6-8)12-7-11(13(15)16)9(2)14-12/h3-7,14H,1-2H3,(H,15,16). The summed E-state index contributed by atoms with van der Waals surface area (Å²) in [5.41, 5.74) is 4.02. The lowest BCUT2D eigenvalue weighted by Gasteiger charge is -1.98. The van der Waals surface area contributed by atoms with Crippen LogP contribution in [0.4, 0.5) is 0 Å². The predicted molar refractivity (Wildman–Crippen MR) is 62.7 cm³/mol. The van der Waals surface area contributed by atoms with Gasteiger partial charge < -0.3 is 10.1 Å². The Morgan fingerprint density at radius 2 is 2.00 bits per heavy atom. The highest BCUT2D eigenvalue weighted by Crippen LogP contribution is 2.22. The Hall–Kier alpha value is -2.03. The zero-order valence-electron chi connectivity index (χ0n) is 9.24. The number of nitrogens with one attached hydrogen (secondary N) is 1. The minimum atomic E-state index is -0.896. The highest BCUT2D eigenvalue weighted by molar-refractivity contribution is 5.90. The fraction of sp³-hybridized carbons (Fsp3) is 0.154. The molecular weight excluding hydrogens is 202 g/mol. The van der Waals surface area contributed by atoms with Crippen LogP contribution in [0, 0.1) is 13.8 Å². The Kier molecular flexibility index (Phi) is 2.52. The normalized spacial score (nSPS) is 10.4. The summed E-state index contributed by atoms with van der Waals surface area (Å²) in [6.07, 6.45) is 0. The van der Waals surface area contributed by atoms with E-state index in [4.69, 9.17) is 5.11 Å². The van der Waals surface area contributed by atoms with Crippen LogP contribution in [0.25, 0.3) is 11.3 Å². The topological polar surface area (TPSA) is 53.1 Å². The Labute approximate surface area is 93.7 Å². The van der Waals surface area contributed by atoms with Crippen molar-refractivity contribution < 1.29 is 9.90 Å². The highest BCUT2D eigenvalue weighted by Gasteiger charge is 2.11. The number of rotatable bonds is 2. The molecule has 2 aromatic rings. The Morgan fingerprint density at radius 3 is 2.56 bits per heavy atom. The molecule has 2 rings (SSSR count). The third-order valence-electron chi connectivity index (χ3n) is 2.57. The lowest BCUT2D eigenvalue weighted by molar-refractivity contribution is 0.0696. The Balaban J connectivity index is 2.49. The summed E-state index contributed by atoms with van der Waals surface area (Å²) in [6, 6.07) is 9.63. The van der Waals surface area contributed by atoms with Gasteiger partial charge in [0.15, 0.2) is 0 Å². The van der Waals surface area contributed by atoms with Gasteiger partial charge in [0, 0.05) is 11.4 Å². The quantitative estimate of drug-likeness (QED) is 0.809. The largest absolute Gasteiger partial charge is 0.478 e. The van der Waals surface area contributed by atoms with Gasteiger partial charge in [-0.25, -0.2) is 4.79 Å². The summed E-state index contributed by atoms with van der Waals surface area (Å²) in [7, 11) is 0. The molecule has 0 unspecified atom stereocenters. The monoisotopic (exact) mass is 215 g/mol. The minimum absolute atomic E-state index is 0.330. The number of H-pyrrole nitrogens is 1. The number of aromatic nitrogens is 1. The summed E-state index contributed by atoms with van der Waals surface area (Å²) >= 11 is 0. The van der Waals surface area contributed by atoms with Crippen molar-refractivity contribution >= 4 is 5.97 Å². The molecule has 1 aromatic heterocycles. The van der Waals surface area contributed by atoms with E-state index in [0.717, 1.165) is 16.8 Å². The fourth-order valence-corrected chi connectivity index (χ4v) is 1.75. The van der Waals surface area contributed by atoms with Gasteiger partial charge in [-0.15, -0.1) is 0 Å². The smallest absolute Gasteiger partial charge is 0.337 e. The fourth-order valence-electron chi connectivity index (χ4n) is 1.75. The van der Waals surface area contributed by atoms with Crippen LogP contribution in [0.15, 0.2) is 30.3 Å². The summed E-state index contributed by atoms with van der Waals surface area (Å²) in [4.78, 5) is 14.0. The van der Waals surface area contributed by atoms with Crippen LogP contribution < -0.4 is 0 Å². The van der Waals surface area contributed by atoms with Crippen molar-refractivity contribution in [1.82, 2.24) is 4.98 Å². The van der Waals surface area contributed by atoms with Crippen LogP contribution in [-0.4, -0.2) is 16.1 Å². The van der Waals surface area contributed by atoms with Crippen LogP contribution in [0.1, 0.15) is 21.6 Å². The number of aromatic amines is 1. The number of hydrogen-bond donors (Lipinski definition) is 2. The van der Waals surface area contributed by atoms with E-state index in [1.807, 2.05) is 31.2 Å². The van der Waals surface area contributed by atoms with Crippen molar-refractivity contribution in [3.63, 3.8) is 0 Å². The zero-order chi connectivity index (χ0) is 11.7. The van der Waals surface area contributed by atoms with E-state index in [9.17, 15) is 4.79 Å². The molecule has 0 aliphatic rings. The average Bonchev–Trinajstić information content (AvgIpc) is 2.60. The summed E-state index contributed by atoms with van der Waals surface area (Å²) in [6.45, 7) is 3.78. The van der Waals surface area contributed by atoms with Gasteiger partial charge in [-0.2, -0.15) is 0 Å². The molecule has 0 saturated heterocycles.